The molecule has 0 aliphatic carbocycles. The molecule has 2 nitrogen and oxygen atoms in total. The van der Waals surface area contributed by atoms with Gasteiger partial charge in [-0.25, -0.2) is 0 Å². The van der Waals surface area contributed by atoms with E-state index in [1.165, 1.54) is 64.8 Å². The van der Waals surface area contributed by atoms with E-state index in [4.69, 9.17) is 0 Å². The van der Waals surface area contributed by atoms with Gasteiger partial charge in [-0.2, -0.15) is 0 Å². The van der Waals surface area contributed by atoms with E-state index in [-0.39, 0.29) is 0 Å². The Morgan fingerprint density at radius 2 is 1.80 bits per heavy atom. The Kier molecular flexibility index (Phi) is 7.03. The van der Waals surface area contributed by atoms with Crippen molar-refractivity contribution in [2.75, 3.05) is 32.7 Å². The molecule has 15 heavy (non-hydrogen) atoms. The number of hydrogen-bond acceptors (Lipinski definition) is 2. The van der Waals surface area contributed by atoms with Gasteiger partial charge in [-0.3, -0.25) is 0 Å². The minimum atomic E-state index is 0.833. The molecule has 0 saturated carbocycles. The van der Waals surface area contributed by atoms with Crippen LogP contribution in [0, 0.1) is 5.92 Å². The van der Waals surface area contributed by atoms with Crippen LogP contribution in [0.4, 0.5) is 0 Å². The van der Waals surface area contributed by atoms with E-state index in [0.717, 1.165) is 5.92 Å². The standard InChI is InChI=1S/C13H28N2/c1-13(2)7-9-14-8-6-12-15-10-4-3-5-11-15/h13-14H,3-12H2,1-2H3. The zero-order valence-corrected chi connectivity index (χ0v) is 10.6. The maximum atomic E-state index is 3.53. The van der Waals surface area contributed by atoms with E-state index in [1.807, 2.05) is 0 Å². The van der Waals surface area contributed by atoms with Crippen molar-refractivity contribution in [1.29, 1.82) is 0 Å². The van der Waals surface area contributed by atoms with Gasteiger partial charge in [0.2, 0.25) is 0 Å². The predicted octanol–water partition coefficient (Wildman–Crippen LogP) is 2.50. The summed E-state index contributed by atoms with van der Waals surface area (Å²) in [4.78, 5) is 2.62. The third-order valence-electron chi connectivity index (χ3n) is 3.18. The lowest BCUT2D eigenvalue weighted by Crippen LogP contribution is -2.32. The Hall–Kier alpha value is -0.0800. The number of nitrogens with zero attached hydrogens (tertiary/aromatic N) is 1. The van der Waals surface area contributed by atoms with Gasteiger partial charge in [-0.05, 0) is 64.3 Å². The van der Waals surface area contributed by atoms with Gasteiger partial charge in [0.05, 0.1) is 0 Å². The van der Waals surface area contributed by atoms with Crippen LogP contribution in [0.1, 0.15) is 46.0 Å². The monoisotopic (exact) mass is 212 g/mol. The van der Waals surface area contributed by atoms with Crippen LogP contribution in [0.5, 0.6) is 0 Å². The van der Waals surface area contributed by atoms with Crippen LogP contribution in [0.25, 0.3) is 0 Å². The van der Waals surface area contributed by atoms with Gasteiger partial charge in [-0.1, -0.05) is 20.3 Å². The first-order valence-electron chi connectivity index (χ1n) is 6.72. The molecule has 0 radical (unpaired) electrons. The maximum absolute atomic E-state index is 3.53. The van der Waals surface area contributed by atoms with Crippen molar-refractivity contribution in [3.63, 3.8) is 0 Å². The molecule has 0 amide bonds. The van der Waals surface area contributed by atoms with Crippen molar-refractivity contribution in [3.8, 4) is 0 Å². The molecule has 1 rings (SSSR count). The van der Waals surface area contributed by atoms with Crippen LogP contribution in [0.3, 0.4) is 0 Å². The Morgan fingerprint density at radius 1 is 1.07 bits per heavy atom. The highest BCUT2D eigenvalue weighted by Gasteiger charge is 2.08. The van der Waals surface area contributed by atoms with E-state index >= 15 is 0 Å². The molecule has 2 heteroatoms. The van der Waals surface area contributed by atoms with Crippen LogP contribution in [0.2, 0.25) is 0 Å². The number of rotatable bonds is 7. The fourth-order valence-electron chi connectivity index (χ4n) is 2.13. The highest BCUT2D eigenvalue weighted by Crippen LogP contribution is 2.08. The lowest BCUT2D eigenvalue weighted by atomic mass is 10.1. The SMILES string of the molecule is CC(C)CCNCCCN1CCCCC1. The minimum absolute atomic E-state index is 0.833. The number of nitrogens with one attached hydrogen (secondary N) is 1. The van der Waals surface area contributed by atoms with E-state index in [2.05, 4.69) is 24.1 Å². The first kappa shape index (κ1) is 13.0. The molecule has 0 aromatic rings. The normalized spacial score (nSPS) is 18.6. The highest BCUT2D eigenvalue weighted by molar-refractivity contribution is 4.64. The van der Waals surface area contributed by atoms with Crippen molar-refractivity contribution in [1.82, 2.24) is 10.2 Å². The first-order valence-corrected chi connectivity index (χ1v) is 6.72. The van der Waals surface area contributed by atoms with Gasteiger partial charge in [0.1, 0.15) is 0 Å². The lowest BCUT2D eigenvalue weighted by Gasteiger charge is -2.26. The van der Waals surface area contributed by atoms with Gasteiger partial charge in [0.25, 0.3) is 0 Å². The third kappa shape index (κ3) is 6.91. The van der Waals surface area contributed by atoms with Crippen molar-refractivity contribution < 1.29 is 0 Å². The van der Waals surface area contributed by atoms with Crippen molar-refractivity contribution in [2.45, 2.75) is 46.0 Å². The third-order valence-corrected chi connectivity index (χ3v) is 3.18. The van der Waals surface area contributed by atoms with Crippen LogP contribution in [-0.4, -0.2) is 37.6 Å². The number of hydrogen-bond donors (Lipinski definition) is 1. The predicted molar refractivity (Wildman–Crippen MR) is 67.2 cm³/mol. The summed E-state index contributed by atoms with van der Waals surface area (Å²) in [6, 6.07) is 0. The number of likely N-dealkylation sites (tertiary alicyclic amines) is 1. The van der Waals surface area contributed by atoms with Gasteiger partial charge >= 0.3 is 0 Å². The van der Waals surface area contributed by atoms with E-state index < -0.39 is 0 Å². The molecule has 90 valence electrons. The first-order chi connectivity index (χ1) is 7.29. The molecular formula is C13H28N2. The topological polar surface area (TPSA) is 15.3 Å². The Morgan fingerprint density at radius 3 is 2.47 bits per heavy atom. The summed E-state index contributed by atoms with van der Waals surface area (Å²) in [5.41, 5.74) is 0. The molecule has 1 aliphatic rings. The Balaban J connectivity index is 1.83. The fourth-order valence-corrected chi connectivity index (χ4v) is 2.13. The number of piperidine rings is 1. The molecule has 1 heterocycles. The molecule has 0 bridgehead atoms. The van der Waals surface area contributed by atoms with Crippen LogP contribution >= 0.6 is 0 Å². The van der Waals surface area contributed by atoms with Gasteiger partial charge < -0.3 is 10.2 Å². The Labute approximate surface area is 95.4 Å². The molecule has 1 N–H and O–H groups in total. The lowest BCUT2D eigenvalue weighted by molar-refractivity contribution is 0.225. The maximum Gasteiger partial charge on any atom is -0.000664 e. The quantitative estimate of drug-likeness (QED) is 0.652. The van der Waals surface area contributed by atoms with E-state index in [0.29, 0.717) is 0 Å². The molecule has 0 spiro atoms. The second kappa shape index (κ2) is 8.12. The summed E-state index contributed by atoms with van der Waals surface area (Å²) in [6.45, 7) is 10.9. The summed E-state index contributed by atoms with van der Waals surface area (Å²) in [7, 11) is 0. The smallest absolute Gasteiger partial charge is 0.000664 e. The summed E-state index contributed by atoms with van der Waals surface area (Å²) in [5.74, 6) is 0.833. The van der Waals surface area contributed by atoms with Gasteiger partial charge in [0, 0.05) is 0 Å². The second-order valence-corrected chi connectivity index (χ2v) is 5.19. The molecular weight excluding hydrogens is 184 g/mol. The fraction of sp³-hybridized carbons (Fsp3) is 1.00. The van der Waals surface area contributed by atoms with E-state index in [9.17, 15) is 0 Å². The average molecular weight is 212 g/mol. The van der Waals surface area contributed by atoms with Crippen LogP contribution < -0.4 is 5.32 Å². The molecule has 0 unspecified atom stereocenters. The molecule has 1 aliphatic heterocycles. The average Bonchev–Trinajstić information content (AvgIpc) is 2.24. The van der Waals surface area contributed by atoms with Crippen LogP contribution in [-0.2, 0) is 0 Å². The van der Waals surface area contributed by atoms with Gasteiger partial charge in [0.15, 0.2) is 0 Å². The molecule has 0 atom stereocenters. The molecule has 0 aromatic carbocycles. The minimum Gasteiger partial charge on any atom is -0.317 e. The van der Waals surface area contributed by atoms with Crippen molar-refractivity contribution >= 4 is 0 Å². The van der Waals surface area contributed by atoms with E-state index in [1.54, 1.807) is 0 Å². The second-order valence-electron chi connectivity index (χ2n) is 5.19. The summed E-state index contributed by atoms with van der Waals surface area (Å²) in [6.07, 6.45) is 6.91. The zero-order valence-electron chi connectivity index (χ0n) is 10.6. The summed E-state index contributed by atoms with van der Waals surface area (Å²) in [5, 5.41) is 3.53. The van der Waals surface area contributed by atoms with Crippen molar-refractivity contribution in [3.05, 3.63) is 0 Å². The molecule has 1 saturated heterocycles. The molecule has 0 aromatic heterocycles. The Bertz CT molecular complexity index is 139. The van der Waals surface area contributed by atoms with Gasteiger partial charge in [-0.15, -0.1) is 0 Å². The summed E-state index contributed by atoms with van der Waals surface area (Å²) < 4.78 is 0. The highest BCUT2D eigenvalue weighted by atomic mass is 15.1. The summed E-state index contributed by atoms with van der Waals surface area (Å²) >= 11 is 0. The largest absolute Gasteiger partial charge is 0.317 e. The molecule has 1 fully saturated rings. The zero-order chi connectivity index (χ0) is 10.9. The van der Waals surface area contributed by atoms with Crippen LogP contribution in [0.15, 0.2) is 0 Å². The van der Waals surface area contributed by atoms with Crippen molar-refractivity contribution in [2.24, 2.45) is 5.92 Å².